The Labute approximate surface area is 102 Å². The molecule has 1 aliphatic rings. The van der Waals surface area contributed by atoms with Crippen LogP contribution in [0.25, 0.3) is 0 Å². The molecule has 1 aromatic heterocycles. The average Bonchev–Trinajstić information content (AvgIpc) is 2.39. The molecule has 0 aliphatic carbocycles. The molecule has 1 aliphatic heterocycles. The lowest BCUT2D eigenvalue weighted by Gasteiger charge is -2.32. The van der Waals surface area contributed by atoms with Gasteiger partial charge in [0, 0.05) is 39.9 Å². The molecule has 0 amide bonds. The van der Waals surface area contributed by atoms with Crippen molar-refractivity contribution in [3.05, 3.63) is 12.4 Å². The maximum absolute atomic E-state index is 9.23. The van der Waals surface area contributed by atoms with Crippen LogP contribution in [0.2, 0.25) is 0 Å². The molecule has 1 saturated heterocycles. The maximum Gasteiger partial charge on any atom is 0.134 e. The number of hydrogen-bond donors (Lipinski definition) is 1. The first kappa shape index (κ1) is 12.1. The lowest BCUT2D eigenvalue weighted by atomic mass is 9.99. The second-order valence-electron chi connectivity index (χ2n) is 4.77. The third-order valence-corrected chi connectivity index (χ3v) is 3.20. The molecule has 2 heterocycles. The van der Waals surface area contributed by atoms with Crippen LogP contribution in [-0.4, -0.2) is 48.9 Å². The number of rotatable bonds is 3. The van der Waals surface area contributed by atoms with E-state index in [-0.39, 0.29) is 6.61 Å². The molecule has 0 aromatic carbocycles. The molecule has 1 N–H and O–H groups in total. The first-order valence-corrected chi connectivity index (χ1v) is 6.06. The standard InChI is InChI=1S/C12H20N4O/c1-15(2)11-6-12(14-9-13-11)16-5-3-4-10(7-16)8-17/h6,9-10,17H,3-5,7-8H2,1-2H3/t10-/m1/s1. The van der Waals surface area contributed by atoms with Crippen LogP contribution in [0.5, 0.6) is 0 Å². The number of piperidine rings is 1. The number of aromatic nitrogens is 2. The van der Waals surface area contributed by atoms with E-state index < -0.39 is 0 Å². The maximum atomic E-state index is 9.23. The van der Waals surface area contributed by atoms with Crippen molar-refractivity contribution >= 4 is 11.6 Å². The third-order valence-electron chi connectivity index (χ3n) is 3.20. The zero-order valence-electron chi connectivity index (χ0n) is 10.5. The number of anilines is 2. The van der Waals surface area contributed by atoms with Gasteiger partial charge >= 0.3 is 0 Å². The SMILES string of the molecule is CN(C)c1cc(N2CCC[C@@H](CO)C2)ncn1. The zero-order chi connectivity index (χ0) is 12.3. The molecule has 0 radical (unpaired) electrons. The van der Waals surface area contributed by atoms with Crippen molar-refractivity contribution in [1.82, 2.24) is 9.97 Å². The summed E-state index contributed by atoms with van der Waals surface area (Å²) in [5.74, 6) is 2.25. The van der Waals surface area contributed by atoms with Crippen molar-refractivity contribution in [2.45, 2.75) is 12.8 Å². The molecule has 2 rings (SSSR count). The quantitative estimate of drug-likeness (QED) is 0.839. The highest BCUT2D eigenvalue weighted by Crippen LogP contribution is 2.22. The summed E-state index contributed by atoms with van der Waals surface area (Å²) in [7, 11) is 3.94. The van der Waals surface area contributed by atoms with Crippen molar-refractivity contribution in [2.24, 2.45) is 5.92 Å². The van der Waals surface area contributed by atoms with E-state index in [1.54, 1.807) is 6.33 Å². The van der Waals surface area contributed by atoms with E-state index in [9.17, 15) is 5.11 Å². The summed E-state index contributed by atoms with van der Waals surface area (Å²) in [6, 6.07) is 2.00. The summed E-state index contributed by atoms with van der Waals surface area (Å²) in [4.78, 5) is 12.7. The monoisotopic (exact) mass is 236 g/mol. The summed E-state index contributed by atoms with van der Waals surface area (Å²) in [6.45, 7) is 2.17. The van der Waals surface area contributed by atoms with E-state index in [2.05, 4.69) is 14.9 Å². The van der Waals surface area contributed by atoms with Crippen molar-refractivity contribution in [1.29, 1.82) is 0 Å². The Hall–Kier alpha value is -1.36. The molecule has 1 atom stereocenters. The molecule has 1 fully saturated rings. The fraction of sp³-hybridized carbons (Fsp3) is 0.667. The van der Waals surface area contributed by atoms with E-state index >= 15 is 0 Å². The minimum absolute atomic E-state index is 0.266. The Morgan fingerprint density at radius 1 is 1.47 bits per heavy atom. The molecular formula is C12H20N4O. The fourth-order valence-corrected chi connectivity index (χ4v) is 2.18. The van der Waals surface area contributed by atoms with Gasteiger partial charge in [-0.1, -0.05) is 0 Å². The van der Waals surface area contributed by atoms with Crippen molar-refractivity contribution in [3.8, 4) is 0 Å². The third kappa shape index (κ3) is 2.85. The zero-order valence-corrected chi connectivity index (χ0v) is 10.5. The van der Waals surface area contributed by atoms with Gasteiger partial charge in [0.05, 0.1) is 0 Å². The normalized spacial score (nSPS) is 20.4. The Bertz CT molecular complexity index is 369. The van der Waals surface area contributed by atoms with Gasteiger partial charge < -0.3 is 14.9 Å². The lowest BCUT2D eigenvalue weighted by Crippen LogP contribution is -2.37. The molecule has 17 heavy (non-hydrogen) atoms. The second-order valence-corrected chi connectivity index (χ2v) is 4.77. The number of nitrogens with zero attached hydrogens (tertiary/aromatic N) is 4. The Morgan fingerprint density at radius 2 is 2.29 bits per heavy atom. The van der Waals surface area contributed by atoms with Crippen molar-refractivity contribution < 1.29 is 5.11 Å². The predicted molar refractivity (Wildman–Crippen MR) is 68.4 cm³/mol. The molecule has 5 nitrogen and oxygen atoms in total. The molecule has 0 unspecified atom stereocenters. The predicted octanol–water partition coefficient (Wildman–Crippen LogP) is 0.751. The lowest BCUT2D eigenvalue weighted by molar-refractivity contribution is 0.208. The Balaban J connectivity index is 2.13. The first-order chi connectivity index (χ1) is 8.20. The summed E-state index contributed by atoms with van der Waals surface area (Å²) < 4.78 is 0. The summed E-state index contributed by atoms with van der Waals surface area (Å²) in [5, 5.41) is 9.23. The van der Waals surface area contributed by atoms with Crippen LogP contribution in [-0.2, 0) is 0 Å². The van der Waals surface area contributed by atoms with Crippen molar-refractivity contribution in [3.63, 3.8) is 0 Å². The Kier molecular flexibility index (Phi) is 3.78. The topological polar surface area (TPSA) is 52.5 Å². The van der Waals surface area contributed by atoms with E-state index in [0.717, 1.165) is 37.6 Å². The van der Waals surface area contributed by atoms with Gasteiger partial charge in [0.15, 0.2) is 0 Å². The van der Waals surface area contributed by atoms with E-state index in [1.807, 2.05) is 25.1 Å². The van der Waals surface area contributed by atoms with Gasteiger partial charge in [-0.05, 0) is 18.8 Å². The molecule has 0 bridgehead atoms. The van der Waals surface area contributed by atoms with Gasteiger partial charge in [-0.25, -0.2) is 9.97 Å². The van der Waals surface area contributed by atoms with Gasteiger partial charge in [0.1, 0.15) is 18.0 Å². The van der Waals surface area contributed by atoms with E-state index in [4.69, 9.17) is 0 Å². The molecule has 94 valence electrons. The number of aliphatic hydroxyl groups is 1. The van der Waals surface area contributed by atoms with Gasteiger partial charge in [-0.15, -0.1) is 0 Å². The highest BCUT2D eigenvalue weighted by Gasteiger charge is 2.20. The van der Waals surface area contributed by atoms with Gasteiger partial charge in [0.2, 0.25) is 0 Å². The second kappa shape index (κ2) is 5.31. The van der Waals surface area contributed by atoms with E-state index in [1.165, 1.54) is 0 Å². The number of hydrogen-bond acceptors (Lipinski definition) is 5. The fourth-order valence-electron chi connectivity index (χ4n) is 2.18. The number of aliphatic hydroxyl groups excluding tert-OH is 1. The highest BCUT2D eigenvalue weighted by molar-refractivity contribution is 5.49. The van der Waals surface area contributed by atoms with E-state index in [0.29, 0.717) is 5.92 Å². The van der Waals surface area contributed by atoms with Crippen LogP contribution in [0.15, 0.2) is 12.4 Å². The summed E-state index contributed by atoms with van der Waals surface area (Å²) in [6.07, 6.45) is 3.83. The molecule has 5 heteroatoms. The van der Waals surface area contributed by atoms with Crippen molar-refractivity contribution in [2.75, 3.05) is 43.6 Å². The molecule has 0 saturated carbocycles. The minimum atomic E-state index is 0.266. The van der Waals surface area contributed by atoms with Gasteiger partial charge in [0.25, 0.3) is 0 Å². The molecular weight excluding hydrogens is 216 g/mol. The Morgan fingerprint density at radius 3 is 3.00 bits per heavy atom. The van der Waals surface area contributed by atoms with Crippen LogP contribution >= 0.6 is 0 Å². The summed E-state index contributed by atoms with van der Waals surface area (Å²) >= 11 is 0. The summed E-state index contributed by atoms with van der Waals surface area (Å²) in [5.41, 5.74) is 0. The largest absolute Gasteiger partial charge is 0.396 e. The van der Waals surface area contributed by atoms with Gasteiger partial charge in [-0.2, -0.15) is 0 Å². The first-order valence-electron chi connectivity index (χ1n) is 6.06. The van der Waals surface area contributed by atoms with Gasteiger partial charge in [-0.3, -0.25) is 0 Å². The van der Waals surface area contributed by atoms with Crippen LogP contribution in [0.3, 0.4) is 0 Å². The average molecular weight is 236 g/mol. The van der Waals surface area contributed by atoms with Crippen LogP contribution < -0.4 is 9.80 Å². The smallest absolute Gasteiger partial charge is 0.134 e. The van der Waals surface area contributed by atoms with Crippen LogP contribution in [0.4, 0.5) is 11.6 Å². The van der Waals surface area contributed by atoms with Crippen LogP contribution in [0, 0.1) is 5.92 Å². The molecule has 1 aromatic rings. The highest BCUT2D eigenvalue weighted by atomic mass is 16.3. The molecule has 0 spiro atoms. The van der Waals surface area contributed by atoms with Crippen LogP contribution in [0.1, 0.15) is 12.8 Å². The minimum Gasteiger partial charge on any atom is -0.396 e.